The van der Waals surface area contributed by atoms with Gasteiger partial charge in [0.25, 0.3) is 5.91 Å². The summed E-state index contributed by atoms with van der Waals surface area (Å²) in [6, 6.07) is 6.06. The van der Waals surface area contributed by atoms with Crippen LogP contribution in [0.5, 0.6) is 0 Å². The van der Waals surface area contributed by atoms with Crippen molar-refractivity contribution in [2.75, 3.05) is 31.1 Å². The third-order valence-corrected chi connectivity index (χ3v) is 6.15. The Balaban J connectivity index is 1.45. The van der Waals surface area contributed by atoms with Gasteiger partial charge in [-0.1, -0.05) is 11.6 Å². The molecule has 0 aliphatic carbocycles. The zero-order chi connectivity index (χ0) is 22.9. The molecule has 1 aliphatic rings. The Morgan fingerprint density at radius 3 is 2.58 bits per heavy atom. The molecule has 1 amide bonds. The van der Waals surface area contributed by atoms with Crippen molar-refractivity contribution < 1.29 is 9.18 Å². The third-order valence-electron chi connectivity index (χ3n) is 5.83. The minimum Gasteiger partial charge on any atom is -0.352 e. The number of fused-ring (bicyclic) bond motifs is 1. The smallest absolute Gasteiger partial charge is 0.272 e. The third kappa shape index (κ3) is 4.01. The van der Waals surface area contributed by atoms with Crippen LogP contribution in [-0.2, 0) is 6.54 Å². The van der Waals surface area contributed by atoms with Gasteiger partial charge >= 0.3 is 0 Å². The molecule has 3 aromatic heterocycles. The maximum atomic E-state index is 13.6. The van der Waals surface area contributed by atoms with Gasteiger partial charge in [-0.25, -0.2) is 14.4 Å². The zero-order valence-electron chi connectivity index (χ0n) is 17.7. The quantitative estimate of drug-likeness (QED) is 0.498. The number of amides is 1. The van der Waals surface area contributed by atoms with E-state index in [1.165, 1.54) is 12.1 Å². The van der Waals surface area contributed by atoms with E-state index in [9.17, 15) is 9.18 Å². The standard InChI is InChI=1S/C23H21ClFN7O/c24-19-10-16(25)1-2-17(19)18-14-32-20(12-29-21(32)9-15(18)11-26)23(33)31-7-5-30(6-8-31)22-13-27-3-4-28-22/h1-4,9-10,12-14H,5-8,11,26H2. The number of piperazine rings is 1. The van der Waals surface area contributed by atoms with Gasteiger partial charge in [-0.2, -0.15) is 0 Å². The maximum absolute atomic E-state index is 13.6. The van der Waals surface area contributed by atoms with E-state index in [4.69, 9.17) is 17.3 Å². The molecule has 1 aliphatic heterocycles. The van der Waals surface area contributed by atoms with Crippen molar-refractivity contribution in [3.05, 3.63) is 77.3 Å². The lowest BCUT2D eigenvalue weighted by atomic mass is 10.0. The SMILES string of the molecule is NCc1cc2ncc(C(=O)N3CCN(c4cnccn4)CC3)n2cc1-c1ccc(F)cc1Cl. The minimum absolute atomic E-state index is 0.113. The van der Waals surface area contributed by atoms with Crippen LogP contribution in [0, 0.1) is 5.82 Å². The van der Waals surface area contributed by atoms with Gasteiger partial charge in [0, 0.05) is 62.4 Å². The summed E-state index contributed by atoms with van der Waals surface area (Å²) in [6.45, 7) is 2.68. The molecular weight excluding hydrogens is 445 g/mol. The summed E-state index contributed by atoms with van der Waals surface area (Å²) in [7, 11) is 0. The minimum atomic E-state index is -0.418. The van der Waals surface area contributed by atoms with E-state index in [1.807, 2.05) is 6.07 Å². The molecule has 4 heterocycles. The number of anilines is 1. The van der Waals surface area contributed by atoms with Crippen molar-refractivity contribution in [2.45, 2.75) is 6.54 Å². The summed E-state index contributed by atoms with van der Waals surface area (Å²) < 4.78 is 15.3. The summed E-state index contributed by atoms with van der Waals surface area (Å²) in [5, 5.41) is 0.275. The number of rotatable bonds is 4. The number of nitrogens with zero attached hydrogens (tertiary/aromatic N) is 6. The number of halogens is 2. The zero-order valence-corrected chi connectivity index (χ0v) is 18.4. The fourth-order valence-corrected chi connectivity index (χ4v) is 4.36. The van der Waals surface area contributed by atoms with Gasteiger partial charge in [0.05, 0.1) is 17.4 Å². The van der Waals surface area contributed by atoms with Crippen molar-refractivity contribution in [3.63, 3.8) is 0 Å². The Kier molecular flexibility index (Phi) is 5.65. The Bertz CT molecular complexity index is 1320. The van der Waals surface area contributed by atoms with Gasteiger partial charge in [0.15, 0.2) is 0 Å². The highest BCUT2D eigenvalue weighted by atomic mass is 35.5. The van der Waals surface area contributed by atoms with Gasteiger partial charge < -0.3 is 15.5 Å². The topological polar surface area (TPSA) is 92.6 Å². The number of pyridine rings is 1. The summed E-state index contributed by atoms with van der Waals surface area (Å²) in [5.74, 6) is 0.269. The highest BCUT2D eigenvalue weighted by Crippen LogP contribution is 2.32. The Morgan fingerprint density at radius 1 is 1.06 bits per heavy atom. The van der Waals surface area contributed by atoms with Crippen LogP contribution in [0.25, 0.3) is 16.8 Å². The van der Waals surface area contributed by atoms with Crippen molar-refractivity contribution in [2.24, 2.45) is 5.73 Å². The Morgan fingerprint density at radius 2 is 1.88 bits per heavy atom. The highest BCUT2D eigenvalue weighted by Gasteiger charge is 2.25. The van der Waals surface area contributed by atoms with Crippen LogP contribution in [0.15, 0.2) is 55.2 Å². The molecule has 0 bridgehead atoms. The lowest BCUT2D eigenvalue weighted by Crippen LogP contribution is -2.49. The van der Waals surface area contributed by atoms with Crippen LogP contribution in [0.1, 0.15) is 16.1 Å². The lowest BCUT2D eigenvalue weighted by molar-refractivity contribution is 0.0739. The molecule has 0 spiro atoms. The number of carbonyl (C=O) groups is 1. The van der Waals surface area contributed by atoms with Gasteiger partial charge in [-0.05, 0) is 29.8 Å². The summed E-state index contributed by atoms with van der Waals surface area (Å²) in [4.78, 5) is 30.1. The van der Waals surface area contributed by atoms with Gasteiger partial charge in [0.1, 0.15) is 23.0 Å². The first-order valence-electron chi connectivity index (χ1n) is 10.5. The van der Waals surface area contributed by atoms with E-state index in [-0.39, 0.29) is 17.5 Å². The second-order valence-corrected chi connectivity index (χ2v) is 8.16. The largest absolute Gasteiger partial charge is 0.352 e. The van der Waals surface area contributed by atoms with Gasteiger partial charge in [-0.3, -0.25) is 14.2 Å². The average molecular weight is 466 g/mol. The number of imidazole rings is 1. The maximum Gasteiger partial charge on any atom is 0.272 e. The van der Waals surface area contributed by atoms with Crippen molar-refractivity contribution in [1.82, 2.24) is 24.3 Å². The van der Waals surface area contributed by atoms with Gasteiger partial charge in [0.2, 0.25) is 0 Å². The summed E-state index contributed by atoms with van der Waals surface area (Å²) in [6.07, 6.45) is 8.39. The normalized spacial score (nSPS) is 14.2. The van der Waals surface area contributed by atoms with Crippen LogP contribution in [0.3, 0.4) is 0 Å². The van der Waals surface area contributed by atoms with Crippen LogP contribution >= 0.6 is 11.6 Å². The molecule has 0 unspecified atom stereocenters. The first-order valence-corrected chi connectivity index (χ1v) is 10.9. The first kappa shape index (κ1) is 21.3. The molecule has 33 heavy (non-hydrogen) atoms. The first-order chi connectivity index (χ1) is 16.0. The van der Waals surface area contributed by atoms with E-state index >= 15 is 0 Å². The van der Waals surface area contributed by atoms with Crippen LogP contribution in [-0.4, -0.2) is 56.3 Å². The van der Waals surface area contributed by atoms with Crippen molar-refractivity contribution in [1.29, 1.82) is 0 Å². The second-order valence-electron chi connectivity index (χ2n) is 7.76. The highest BCUT2D eigenvalue weighted by molar-refractivity contribution is 6.33. The molecule has 1 aromatic carbocycles. The monoisotopic (exact) mass is 465 g/mol. The number of hydrogen-bond donors (Lipinski definition) is 1. The summed E-state index contributed by atoms with van der Waals surface area (Å²) >= 11 is 6.31. The number of nitrogens with two attached hydrogens (primary N) is 1. The van der Waals surface area contributed by atoms with Crippen molar-refractivity contribution in [3.8, 4) is 11.1 Å². The van der Waals surface area contributed by atoms with Crippen LogP contribution in [0.2, 0.25) is 5.02 Å². The average Bonchev–Trinajstić information content (AvgIpc) is 3.26. The van der Waals surface area contributed by atoms with Crippen LogP contribution < -0.4 is 10.6 Å². The Hall–Kier alpha value is -3.56. The molecule has 0 radical (unpaired) electrons. The van der Waals surface area contributed by atoms with E-state index in [1.54, 1.807) is 46.4 Å². The predicted octanol–water partition coefficient (Wildman–Crippen LogP) is 3.00. The van der Waals surface area contributed by atoms with E-state index in [0.29, 0.717) is 43.1 Å². The van der Waals surface area contributed by atoms with E-state index in [0.717, 1.165) is 16.9 Å². The summed E-state index contributed by atoms with van der Waals surface area (Å²) in [5.41, 5.74) is 9.19. The lowest BCUT2D eigenvalue weighted by Gasteiger charge is -2.35. The second kappa shape index (κ2) is 8.76. The molecular formula is C23H21ClFN7O. The van der Waals surface area contributed by atoms with Crippen LogP contribution in [0.4, 0.5) is 10.2 Å². The molecule has 10 heteroatoms. The number of aromatic nitrogens is 4. The molecule has 168 valence electrons. The molecule has 8 nitrogen and oxygen atoms in total. The molecule has 4 aromatic rings. The molecule has 2 N–H and O–H groups in total. The predicted molar refractivity (Wildman–Crippen MR) is 124 cm³/mol. The molecule has 5 rings (SSSR count). The number of carbonyl (C=O) groups excluding carboxylic acids is 1. The molecule has 1 saturated heterocycles. The molecule has 0 atom stereocenters. The molecule has 0 saturated carbocycles. The molecule has 1 fully saturated rings. The van der Waals surface area contributed by atoms with E-state index in [2.05, 4.69) is 19.9 Å². The fraction of sp³-hybridized carbons (Fsp3) is 0.217. The van der Waals surface area contributed by atoms with Crippen molar-refractivity contribution >= 4 is 29.0 Å². The number of hydrogen-bond acceptors (Lipinski definition) is 6. The Labute approximate surface area is 194 Å². The number of benzene rings is 1. The fourth-order valence-electron chi connectivity index (χ4n) is 4.10. The van der Waals surface area contributed by atoms with Gasteiger partial charge in [-0.15, -0.1) is 0 Å². The van der Waals surface area contributed by atoms with E-state index < -0.39 is 5.82 Å².